The summed E-state index contributed by atoms with van der Waals surface area (Å²) in [6.07, 6.45) is 0. The van der Waals surface area contributed by atoms with Crippen molar-refractivity contribution in [3.8, 4) is 0 Å². The first-order valence-corrected chi connectivity index (χ1v) is 10.7. The Balaban J connectivity index is 1.84. The third kappa shape index (κ3) is 4.46. The van der Waals surface area contributed by atoms with Crippen molar-refractivity contribution in [2.45, 2.75) is 13.5 Å². The Bertz CT molecular complexity index is 1530. The van der Waals surface area contributed by atoms with E-state index in [0.717, 1.165) is 17.4 Å². The van der Waals surface area contributed by atoms with Crippen LogP contribution in [0.15, 0.2) is 62.7 Å². The largest absolute Gasteiger partial charge is 0.468 e. The highest BCUT2D eigenvalue weighted by molar-refractivity contribution is 7.16. The minimum atomic E-state index is -0.784. The SMILES string of the molecule is CCOC(=O)c1ccc2c(c1)sc(=NC(=O)c1cc(=O)c3ccccc3o1)n2CC(=O)OC. The van der Waals surface area contributed by atoms with Crippen molar-refractivity contribution in [2.24, 2.45) is 4.99 Å². The van der Waals surface area contributed by atoms with Crippen LogP contribution in [0.3, 0.4) is 0 Å². The van der Waals surface area contributed by atoms with E-state index < -0.39 is 17.8 Å². The first kappa shape index (κ1) is 22.2. The number of amides is 1. The van der Waals surface area contributed by atoms with E-state index in [4.69, 9.17) is 13.9 Å². The van der Waals surface area contributed by atoms with E-state index in [1.54, 1.807) is 49.4 Å². The zero-order chi connectivity index (χ0) is 23.5. The number of hydrogen-bond donors (Lipinski definition) is 0. The van der Waals surface area contributed by atoms with Crippen LogP contribution in [0.25, 0.3) is 21.2 Å². The summed E-state index contributed by atoms with van der Waals surface area (Å²) in [4.78, 5) is 53.5. The van der Waals surface area contributed by atoms with E-state index in [-0.39, 0.29) is 34.7 Å². The number of esters is 2. The number of para-hydroxylation sites is 1. The molecule has 1 amide bonds. The van der Waals surface area contributed by atoms with Gasteiger partial charge in [0.05, 0.1) is 34.9 Å². The highest BCUT2D eigenvalue weighted by Crippen LogP contribution is 2.20. The van der Waals surface area contributed by atoms with Gasteiger partial charge in [0.15, 0.2) is 16.0 Å². The van der Waals surface area contributed by atoms with E-state index in [1.807, 2.05) is 0 Å². The van der Waals surface area contributed by atoms with E-state index >= 15 is 0 Å². The van der Waals surface area contributed by atoms with Crippen LogP contribution in [0.4, 0.5) is 0 Å². The molecule has 9 nitrogen and oxygen atoms in total. The van der Waals surface area contributed by atoms with Crippen LogP contribution in [0.5, 0.6) is 0 Å². The smallest absolute Gasteiger partial charge is 0.338 e. The van der Waals surface area contributed by atoms with Gasteiger partial charge in [-0.3, -0.25) is 14.4 Å². The number of nitrogens with zero attached hydrogens (tertiary/aromatic N) is 2. The predicted octanol–water partition coefficient (Wildman–Crippen LogP) is 2.90. The van der Waals surface area contributed by atoms with Crippen LogP contribution in [0, 0.1) is 0 Å². The molecule has 4 rings (SSSR count). The molecule has 0 spiro atoms. The van der Waals surface area contributed by atoms with Gasteiger partial charge >= 0.3 is 17.8 Å². The summed E-state index contributed by atoms with van der Waals surface area (Å²) in [6.45, 7) is 1.73. The summed E-state index contributed by atoms with van der Waals surface area (Å²) in [5.74, 6) is -2.04. The van der Waals surface area contributed by atoms with Gasteiger partial charge in [-0.2, -0.15) is 4.99 Å². The monoisotopic (exact) mass is 466 g/mol. The third-order valence-electron chi connectivity index (χ3n) is 4.75. The molecule has 0 saturated heterocycles. The van der Waals surface area contributed by atoms with E-state index in [2.05, 4.69) is 4.99 Å². The van der Waals surface area contributed by atoms with Gasteiger partial charge in [-0.25, -0.2) is 4.79 Å². The summed E-state index contributed by atoms with van der Waals surface area (Å²) in [7, 11) is 1.25. The number of ether oxygens (including phenoxy) is 2. The quantitative estimate of drug-likeness (QED) is 0.415. The minimum absolute atomic E-state index is 0.178. The number of carbonyl (C=O) groups is 3. The molecule has 0 aliphatic carbocycles. The Morgan fingerprint density at radius 1 is 1.12 bits per heavy atom. The van der Waals surface area contributed by atoms with Gasteiger partial charge in [0, 0.05) is 6.07 Å². The molecule has 0 unspecified atom stereocenters. The molecule has 0 bridgehead atoms. The fourth-order valence-corrected chi connectivity index (χ4v) is 4.26. The molecular weight excluding hydrogens is 448 g/mol. The second kappa shape index (κ2) is 9.21. The molecule has 0 aliphatic heterocycles. The Labute approximate surface area is 190 Å². The molecule has 4 aromatic rings. The fraction of sp³-hybridized carbons (Fsp3) is 0.174. The molecule has 0 saturated carbocycles. The van der Waals surface area contributed by atoms with Gasteiger partial charge in [0.2, 0.25) is 0 Å². The molecular formula is C23H18N2O7S. The molecule has 0 radical (unpaired) electrons. The first-order chi connectivity index (χ1) is 15.9. The lowest BCUT2D eigenvalue weighted by Gasteiger charge is -2.05. The summed E-state index contributed by atoms with van der Waals surface area (Å²) in [5, 5.41) is 0.350. The third-order valence-corrected chi connectivity index (χ3v) is 5.79. The van der Waals surface area contributed by atoms with Crippen molar-refractivity contribution in [3.63, 3.8) is 0 Å². The van der Waals surface area contributed by atoms with Gasteiger partial charge in [-0.15, -0.1) is 0 Å². The number of fused-ring (bicyclic) bond motifs is 2. The standard InChI is InChI=1S/C23H18N2O7S/c1-3-31-22(29)13-8-9-15-19(10-13)33-23(25(15)12-20(27)30-2)24-21(28)18-11-16(26)14-6-4-5-7-17(14)32-18/h4-11H,3,12H2,1-2H3. The summed E-state index contributed by atoms with van der Waals surface area (Å²) in [5.41, 5.74) is 0.800. The second-order valence-corrected chi connectivity index (χ2v) is 7.85. The topological polar surface area (TPSA) is 117 Å². The number of carbonyl (C=O) groups excluding carboxylic acids is 3. The number of methoxy groups -OCH3 is 1. The van der Waals surface area contributed by atoms with Gasteiger partial charge < -0.3 is 18.5 Å². The zero-order valence-corrected chi connectivity index (χ0v) is 18.5. The highest BCUT2D eigenvalue weighted by atomic mass is 32.1. The van der Waals surface area contributed by atoms with Crippen LogP contribution < -0.4 is 10.2 Å². The predicted molar refractivity (Wildman–Crippen MR) is 120 cm³/mol. The first-order valence-electron chi connectivity index (χ1n) is 9.90. The normalized spacial score (nSPS) is 11.6. The number of aromatic nitrogens is 1. The van der Waals surface area contributed by atoms with Gasteiger partial charge in [-0.1, -0.05) is 23.5 Å². The van der Waals surface area contributed by atoms with Crippen LogP contribution in [-0.2, 0) is 20.8 Å². The average Bonchev–Trinajstić information content (AvgIpc) is 3.14. The highest BCUT2D eigenvalue weighted by Gasteiger charge is 2.17. The summed E-state index contributed by atoms with van der Waals surface area (Å²) < 4.78 is 17.5. The number of thiazole rings is 1. The van der Waals surface area contributed by atoms with Crippen LogP contribution in [-0.4, -0.2) is 36.1 Å². The molecule has 33 heavy (non-hydrogen) atoms. The lowest BCUT2D eigenvalue weighted by Crippen LogP contribution is -2.22. The average molecular weight is 466 g/mol. The van der Waals surface area contributed by atoms with Crippen molar-refractivity contribution in [3.05, 3.63) is 74.9 Å². The summed E-state index contributed by atoms with van der Waals surface area (Å²) >= 11 is 1.10. The van der Waals surface area contributed by atoms with Gasteiger partial charge in [-0.05, 0) is 37.3 Å². The maximum Gasteiger partial charge on any atom is 0.338 e. The van der Waals surface area contributed by atoms with Crippen molar-refractivity contribution in [2.75, 3.05) is 13.7 Å². The molecule has 10 heteroatoms. The van der Waals surface area contributed by atoms with Crippen molar-refractivity contribution in [1.82, 2.24) is 4.57 Å². The molecule has 0 aliphatic rings. The number of rotatable bonds is 5. The Hall–Kier alpha value is -4.05. The number of hydrogen-bond acceptors (Lipinski definition) is 8. The van der Waals surface area contributed by atoms with Crippen molar-refractivity contribution < 1.29 is 28.3 Å². The molecule has 0 N–H and O–H groups in total. The maximum absolute atomic E-state index is 12.9. The maximum atomic E-state index is 12.9. The second-order valence-electron chi connectivity index (χ2n) is 6.84. The lowest BCUT2D eigenvalue weighted by molar-refractivity contribution is -0.141. The van der Waals surface area contributed by atoms with Crippen molar-refractivity contribution in [1.29, 1.82) is 0 Å². The van der Waals surface area contributed by atoms with Crippen molar-refractivity contribution >= 4 is 50.4 Å². The minimum Gasteiger partial charge on any atom is -0.468 e. The molecule has 0 fully saturated rings. The van der Waals surface area contributed by atoms with Crippen LogP contribution in [0.2, 0.25) is 0 Å². The van der Waals surface area contributed by atoms with Crippen LogP contribution in [0.1, 0.15) is 27.8 Å². The van der Waals surface area contributed by atoms with E-state index in [1.165, 1.54) is 11.7 Å². The molecule has 2 aromatic heterocycles. The molecule has 2 heterocycles. The molecule has 168 valence electrons. The lowest BCUT2D eigenvalue weighted by atomic mass is 10.2. The number of benzene rings is 2. The van der Waals surface area contributed by atoms with E-state index in [0.29, 0.717) is 21.2 Å². The van der Waals surface area contributed by atoms with Crippen LogP contribution >= 0.6 is 11.3 Å². The molecule has 2 aromatic carbocycles. The van der Waals surface area contributed by atoms with E-state index in [9.17, 15) is 19.2 Å². The van der Waals surface area contributed by atoms with Gasteiger partial charge in [0.1, 0.15) is 12.1 Å². The zero-order valence-electron chi connectivity index (χ0n) is 17.7. The Morgan fingerprint density at radius 3 is 2.67 bits per heavy atom. The van der Waals surface area contributed by atoms with Gasteiger partial charge in [0.25, 0.3) is 0 Å². The summed E-state index contributed by atoms with van der Waals surface area (Å²) in [6, 6.07) is 12.5. The molecule has 0 atom stereocenters. The Kier molecular flexibility index (Phi) is 6.18. The fourth-order valence-electron chi connectivity index (χ4n) is 3.20. The Morgan fingerprint density at radius 2 is 1.91 bits per heavy atom.